The third-order valence-corrected chi connectivity index (χ3v) is 5.37. The Morgan fingerprint density at radius 1 is 0.931 bits per heavy atom. The van der Waals surface area contributed by atoms with Crippen LogP contribution in [0.4, 0.5) is 5.69 Å². The molecular formula is C22H23N3O4. The van der Waals surface area contributed by atoms with Crippen LogP contribution in [0, 0.1) is 0 Å². The maximum Gasteiger partial charge on any atom is 0.245 e. The fourth-order valence-corrected chi connectivity index (χ4v) is 3.80. The van der Waals surface area contributed by atoms with Crippen molar-refractivity contribution in [1.29, 1.82) is 0 Å². The number of ether oxygens (including phenoxy) is 1. The Balaban J connectivity index is 1.46. The Morgan fingerprint density at radius 2 is 1.59 bits per heavy atom. The third-order valence-electron chi connectivity index (χ3n) is 5.37. The number of nitrogens with zero attached hydrogens (tertiary/aromatic N) is 3. The number of piperazine rings is 1. The van der Waals surface area contributed by atoms with E-state index >= 15 is 0 Å². The highest BCUT2D eigenvalue weighted by molar-refractivity contribution is 6.03. The van der Waals surface area contributed by atoms with E-state index in [0.29, 0.717) is 50.5 Å². The molecule has 0 radical (unpaired) electrons. The molecule has 1 atom stereocenters. The first-order valence-electron chi connectivity index (χ1n) is 9.79. The van der Waals surface area contributed by atoms with Crippen molar-refractivity contribution in [1.82, 2.24) is 9.80 Å². The van der Waals surface area contributed by atoms with Crippen molar-refractivity contribution in [2.75, 3.05) is 31.1 Å². The first-order valence-corrected chi connectivity index (χ1v) is 9.79. The van der Waals surface area contributed by atoms with E-state index in [-0.39, 0.29) is 11.8 Å². The topological polar surface area (TPSA) is 70.2 Å². The Hall–Kier alpha value is -3.35. The van der Waals surface area contributed by atoms with Crippen LogP contribution in [0.2, 0.25) is 0 Å². The van der Waals surface area contributed by atoms with Gasteiger partial charge in [-0.25, -0.2) is 0 Å². The van der Waals surface area contributed by atoms with Gasteiger partial charge in [-0.05, 0) is 42.8 Å². The molecule has 7 nitrogen and oxygen atoms in total. The summed E-state index contributed by atoms with van der Waals surface area (Å²) in [4.78, 5) is 41.4. The maximum absolute atomic E-state index is 13.0. The fraction of sp³-hybridized carbons (Fsp3) is 0.318. The number of rotatable bonds is 5. The Bertz CT molecular complexity index is 877. The predicted octanol–water partition coefficient (Wildman–Crippen LogP) is 2.27. The third kappa shape index (κ3) is 4.08. The van der Waals surface area contributed by atoms with Crippen LogP contribution in [0.3, 0.4) is 0 Å². The number of benzene rings is 2. The van der Waals surface area contributed by atoms with Gasteiger partial charge in [0.1, 0.15) is 17.5 Å². The van der Waals surface area contributed by atoms with Gasteiger partial charge in [0.2, 0.25) is 18.2 Å². The minimum atomic E-state index is -0.494. The maximum atomic E-state index is 13.0. The zero-order chi connectivity index (χ0) is 20.2. The van der Waals surface area contributed by atoms with Gasteiger partial charge in [0.15, 0.2) is 0 Å². The zero-order valence-electron chi connectivity index (χ0n) is 16.1. The van der Waals surface area contributed by atoms with Crippen molar-refractivity contribution in [3.63, 3.8) is 0 Å². The molecule has 2 aromatic rings. The molecule has 3 amide bonds. The Kier molecular flexibility index (Phi) is 5.46. The first kappa shape index (κ1) is 19.0. The van der Waals surface area contributed by atoms with Crippen molar-refractivity contribution < 1.29 is 19.1 Å². The van der Waals surface area contributed by atoms with Crippen molar-refractivity contribution in [3.8, 4) is 11.5 Å². The summed E-state index contributed by atoms with van der Waals surface area (Å²) in [5.41, 5.74) is 0.692. The minimum Gasteiger partial charge on any atom is -0.457 e. The molecule has 7 heteroatoms. The highest BCUT2D eigenvalue weighted by atomic mass is 16.5. The molecular weight excluding hydrogens is 370 g/mol. The smallest absolute Gasteiger partial charge is 0.245 e. The molecule has 2 aliphatic rings. The lowest BCUT2D eigenvalue weighted by Crippen LogP contribution is -2.53. The van der Waals surface area contributed by atoms with Gasteiger partial charge in [0, 0.05) is 38.3 Å². The van der Waals surface area contributed by atoms with Gasteiger partial charge in [-0.15, -0.1) is 0 Å². The summed E-state index contributed by atoms with van der Waals surface area (Å²) in [6, 6.07) is 16.2. The Morgan fingerprint density at radius 3 is 2.24 bits per heavy atom. The van der Waals surface area contributed by atoms with Crippen LogP contribution in [-0.4, -0.2) is 60.2 Å². The van der Waals surface area contributed by atoms with E-state index in [9.17, 15) is 14.4 Å². The highest BCUT2D eigenvalue weighted by Crippen LogP contribution is 2.30. The van der Waals surface area contributed by atoms with Crippen molar-refractivity contribution in [3.05, 3.63) is 54.6 Å². The molecule has 150 valence electrons. The molecule has 0 spiro atoms. The SMILES string of the molecule is O=CN1CCN(C(=O)C2CCC(=O)N2c2ccc(Oc3ccccc3)cc2)CC1. The molecule has 29 heavy (non-hydrogen) atoms. The molecule has 0 aliphatic carbocycles. The molecule has 2 aliphatic heterocycles. The Labute approximate surface area is 169 Å². The van der Waals surface area contributed by atoms with Crippen LogP contribution in [0.15, 0.2) is 54.6 Å². The van der Waals surface area contributed by atoms with Gasteiger partial charge >= 0.3 is 0 Å². The van der Waals surface area contributed by atoms with E-state index in [1.54, 1.807) is 26.8 Å². The largest absolute Gasteiger partial charge is 0.457 e. The van der Waals surface area contributed by atoms with Crippen LogP contribution in [-0.2, 0) is 14.4 Å². The van der Waals surface area contributed by atoms with E-state index in [1.165, 1.54) is 0 Å². The van der Waals surface area contributed by atoms with Crippen molar-refractivity contribution >= 4 is 23.9 Å². The van der Waals surface area contributed by atoms with Crippen LogP contribution < -0.4 is 9.64 Å². The van der Waals surface area contributed by atoms with Crippen LogP contribution in [0.25, 0.3) is 0 Å². The number of para-hydroxylation sites is 1. The van der Waals surface area contributed by atoms with Gasteiger partial charge in [0.25, 0.3) is 0 Å². The molecule has 2 heterocycles. The molecule has 1 unspecified atom stereocenters. The van der Waals surface area contributed by atoms with E-state index in [2.05, 4.69) is 0 Å². The number of hydrogen-bond donors (Lipinski definition) is 0. The number of carbonyl (C=O) groups is 3. The van der Waals surface area contributed by atoms with Gasteiger partial charge in [0.05, 0.1) is 0 Å². The van der Waals surface area contributed by atoms with E-state index in [4.69, 9.17) is 4.74 Å². The first-order chi connectivity index (χ1) is 14.2. The monoisotopic (exact) mass is 393 g/mol. The molecule has 2 fully saturated rings. The average Bonchev–Trinajstić information content (AvgIpc) is 3.16. The lowest BCUT2D eigenvalue weighted by molar-refractivity contribution is -0.136. The number of anilines is 1. The number of carbonyl (C=O) groups excluding carboxylic acids is 3. The summed E-state index contributed by atoms with van der Waals surface area (Å²) in [5, 5.41) is 0. The van der Waals surface area contributed by atoms with Crippen LogP contribution >= 0.6 is 0 Å². The fourth-order valence-electron chi connectivity index (χ4n) is 3.80. The molecule has 0 aromatic heterocycles. The quantitative estimate of drug-likeness (QED) is 0.731. The van der Waals surface area contributed by atoms with Gasteiger partial charge in [-0.2, -0.15) is 0 Å². The second kappa shape index (κ2) is 8.34. The van der Waals surface area contributed by atoms with Gasteiger partial charge in [-0.3, -0.25) is 19.3 Å². The normalized spacial score (nSPS) is 19.4. The van der Waals surface area contributed by atoms with Crippen LogP contribution in [0.5, 0.6) is 11.5 Å². The summed E-state index contributed by atoms with van der Waals surface area (Å²) < 4.78 is 5.80. The van der Waals surface area contributed by atoms with E-state index in [0.717, 1.165) is 12.2 Å². The average molecular weight is 393 g/mol. The van der Waals surface area contributed by atoms with Crippen molar-refractivity contribution in [2.45, 2.75) is 18.9 Å². The second-order valence-electron chi connectivity index (χ2n) is 7.19. The second-order valence-corrected chi connectivity index (χ2v) is 7.19. The van der Waals surface area contributed by atoms with Crippen molar-refractivity contribution in [2.24, 2.45) is 0 Å². The minimum absolute atomic E-state index is 0.0494. The molecule has 0 bridgehead atoms. The standard InChI is InChI=1S/C22H23N3O4/c26-16-23-12-14-24(15-13-23)22(28)20-10-11-21(27)25(20)17-6-8-19(9-7-17)29-18-4-2-1-3-5-18/h1-9,16,20H,10-15H2. The molecule has 2 saturated heterocycles. The predicted molar refractivity (Wildman–Crippen MR) is 108 cm³/mol. The summed E-state index contributed by atoms with van der Waals surface area (Å²) in [7, 11) is 0. The lowest BCUT2D eigenvalue weighted by Gasteiger charge is -2.35. The van der Waals surface area contributed by atoms with E-state index in [1.807, 2.05) is 42.5 Å². The number of hydrogen-bond acceptors (Lipinski definition) is 4. The summed E-state index contributed by atoms with van der Waals surface area (Å²) in [5.74, 6) is 1.30. The van der Waals surface area contributed by atoms with Gasteiger partial charge in [-0.1, -0.05) is 18.2 Å². The van der Waals surface area contributed by atoms with Crippen LogP contribution in [0.1, 0.15) is 12.8 Å². The molecule has 4 rings (SSSR count). The number of amides is 3. The van der Waals surface area contributed by atoms with Gasteiger partial charge < -0.3 is 14.5 Å². The highest BCUT2D eigenvalue weighted by Gasteiger charge is 2.39. The molecule has 0 N–H and O–H groups in total. The zero-order valence-corrected chi connectivity index (χ0v) is 16.1. The lowest BCUT2D eigenvalue weighted by atomic mass is 10.1. The summed E-state index contributed by atoms with van der Waals surface area (Å²) in [6.07, 6.45) is 1.67. The summed E-state index contributed by atoms with van der Waals surface area (Å²) in [6.45, 7) is 2.06. The molecule has 2 aromatic carbocycles. The van der Waals surface area contributed by atoms with E-state index < -0.39 is 6.04 Å². The summed E-state index contributed by atoms with van der Waals surface area (Å²) >= 11 is 0. The molecule has 0 saturated carbocycles.